The number of piperidine rings is 1. The Morgan fingerprint density at radius 2 is 2.08 bits per heavy atom. The number of rotatable bonds is 2. The van der Waals surface area contributed by atoms with E-state index in [4.69, 9.17) is 14.6 Å². The molecule has 5 nitrogen and oxygen atoms in total. The first-order valence-electron chi connectivity index (χ1n) is 9.15. The Labute approximate surface area is 157 Å². The van der Waals surface area contributed by atoms with Crippen molar-refractivity contribution < 1.29 is 9.47 Å². The maximum atomic E-state index is 6.68. The topological polar surface area (TPSA) is 37.3 Å². The van der Waals surface area contributed by atoms with Crippen molar-refractivity contribution in [3.05, 3.63) is 46.2 Å². The zero-order chi connectivity index (χ0) is 17.7. The molecule has 1 spiro atoms. The predicted molar refractivity (Wildman–Crippen MR) is 103 cm³/mol. The molecular formula is C20H23N3O2S. The molecule has 1 saturated heterocycles. The van der Waals surface area contributed by atoms with E-state index in [2.05, 4.69) is 46.6 Å². The van der Waals surface area contributed by atoms with Crippen molar-refractivity contribution in [2.45, 2.75) is 31.0 Å². The minimum absolute atomic E-state index is 0.217. The van der Waals surface area contributed by atoms with Gasteiger partial charge in [0.2, 0.25) is 5.72 Å². The molecule has 136 valence electrons. The van der Waals surface area contributed by atoms with Gasteiger partial charge in [0.25, 0.3) is 0 Å². The van der Waals surface area contributed by atoms with Crippen LogP contribution in [0.4, 0.5) is 0 Å². The van der Waals surface area contributed by atoms with Gasteiger partial charge in [0.1, 0.15) is 0 Å². The molecule has 1 aromatic carbocycles. The third-order valence-corrected chi connectivity index (χ3v) is 6.70. The minimum atomic E-state index is -0.377. The van der Waals surface area contributed by atoms with Crippen LogP contribution in [-0.4, -0.2) is 48.6 Å². The zero-order valence-electron chi connectivity index (χ0n) is 15.1. The van der Waals surface area contributed by atoms with Gasteiger partial charge in [-0.05, 0) is 24.6 Å². The van der Waals surface area contributed by atoms with Crippen LogP contribution in [0.25, 0.3) is 0 Å². The summed E-state index contributed by atoms with van der Waals surface area (Å²) in [4.78, 5) is 3.62. The molecule has 5 rings (SSSR count). The number of hydrogen-bond donors (Lipinski definition) is 0. The van der Waals surface area contributed by atoms with Crippen molar-refractivity contribution in [1.82, 2.24) is 9.91 Å². The standard InChI is InChI=1S/C20H23N3O2S/c1-22-10-8-20(9-11-22)23-16(13-15(21-23)18-7-4-12-26-18)14-5-3-6-17(24-2)19(14)25-20/h3-7,12,16H,8-11,13H2,1-2H3/t16-/m0/s1. The number of hydrazone groups is 1. The van der Waals surface area contributed by atoms with Crippen LogP contribution in [0.3, 0.4) is 0 Å². The summed E-state index contributed by atoms with van der Waals surface area (Å²) in [6.07, 6.45) is 2.80. The van der Waals surface area contributed by atoms with E-state index in [-0.39, 0.29) is 11.8 Å². The molecule has 1 aromatic heterocycles. The third kappa shape index (κ3) is 2.36. The van der Waals surface area contributed by atoms with E-state index in [1.165, 1.54) is 16.2 Å². The van der Waals surface area contributed by atoms with Crippen LogP contribution in [0.5, 0.6) is 11.5 Å². The number of para-hydroxylation sites is 1. The lowest BCUT2D eigenvalue weighted by atomic mass is 9.91. The van der Waals surface area contributed by atoms with Gasteiger partial charge in [-0.15, -0.1) is 11.3 Å². The van der Waals surface area contributed by atoms with Gasteiger partial charge in [0.15, 0.2) is 11.5 Å². The van der Waals surface area contributed by atoms with E-state index in [0.29, 0.717) is 0 Å². The molecule has 1 fully saturated rings. The highest BCUT2D eigenvalue weighted by molar-refractivity contribution is 7.12. The van der Waals surface area contributed by atoms with Crippen molar-refractivity contribution in [3.8, 4) is 11.5 Å². The molecule has 6 heteroatoms. The first-order chi connectivity index (χ1) is 12.7. The van der Waals surface area contributed by atoms with Gasteiger partial charge in [-0.1, -0.05) is 18.2 Å². The van der Waals surface area contributed by atoms with Gasteiger partial charge in [-0.2, -0.15) is 5.10 Å². The second-order valence-electron chi connectivity index (χ2n) is 7.32. The molecule has 0 amide bonds. The van der Waals surface area contributed by atoms with Gasteiger partial charge >= 0.3 is 0 Å². The van der Waals surface area contributed by atoms with Crippen molar-refractivity contribution >= 4 is 17.0 Å². The molecule has 0 radical (unpaired) electrons. The average Bonchev–Trinajstić information content (AvgIpc) is 3.34. The number of fused-ring (bicyclic) bond motifs is 4. The summed E-state index contributed by atoms with van der Waals surface area (Å²) in [5, 5.41) is 9.46. The molecule has 2 aromatic rings. The van der Waals surface area contributed by atoms with Crippen LogP contribution in [0.1, 0.15) is 35.7 Å². The van der Waals surface area contributed by atoms with Crippen molar-refractivity contribution in [2.24, 2.45) is 5.10 Å². The van der Waals surface area contributed by atoms with Gasteiger partial charge in [-0.25, -0.2) is 5.01 Å². The van der Waals surface area contributed by atoms with Gasteiger partial charge in [0.05, 0.1) is 23.7 Å². The molecular weight excluding hydrogens is 346 g/mol. The first-order valence-corrected chi connectivity index (χ1v) is 10.0. The molecule has 4 heterocycles. The number of likely N-dealkylation sites (tertiary alicyclic amines) is 1. The van der Waals surface area contributed by atoms with Gasteiger partial charge in [-0.3, -0.25) is 0 Å². The lowest BCUT2D eigenvalue weighted by Gasteiger charge is -2.50. The molecule has 0 bridgehead atoms. The highest BCUT2D eigenvalue weighted by atomic mass is 32.1. The second-order valence-corrected chi connectivity index (χ2v) is 8.27. The summed E-state index contributed by atoms with van der Waals surface area (Å²) in [6.45, 7) is 2.02. The van der Waals surface area contributed by atoms with Crippen LogP contribution < -0.4 is 9.47 Å². The number of thiophene rings is 1. The Bertz CT molecular complexity index is 841. The molecule has 0 N–H and O–H groups in total. The van der Waals surface area contributed by atoms with E-state index in [1.807, 2.05) is 6.07 Å². The number of ether oxygens (including phenoxy) is 2. The number of nitrogens with zero attached hydrogens (tertiary/aromatic N) is 3. The van der Waals surface area contributed by atoms with Crippen LogP contribution in [-0.2, 0) is 0 Å². The lowest BCUT2D eigenvalue weighted by molar-refractivity contribution is -0.148. The molecule has 3 aliphatic heterocycles. The zero-order valence-corrected chi connectivity index (χ0v) is 16.0. The average molecular weight is 369 g/mol. The monoisotopic (exact) mass is 369 g/mol. The van der Waals surface area contributed by atoms with E-state index >= 15 is 0 Å². The number of hydrogen-bond acceptors (Lipinski definition) is 6. The van der Waals surface area contributed by atoms with E-state index < -0.39 is 0 Å². The van der Waals surface area contributed by atoms with Crippen LogP contribution in [0, 0.1) is 0 Å². The smallest absolute Gasteiger partial charge is 0.200 e. The summed E-state index contributed by atoms with van der Waals surface area (Å²) in [5.41, 5.74) is 1.98. The maximum Gasteiger partial charge on any atom is 0.200 e. The predicted octanol–water partition coefficient (Wildman–Crippen LogP) is 3.72. The molecule has 0 aliphatic carbocycles. The molecule has 0 unspecified atom stereocenters. The van der Waals surface area contributed by atoms with E-state index in [1.54, 1.807) is 18.4 Å². The fourth-order valence-electron chi connectivity index (χ4n) is 4.32. The number of methoxy groups -OCH3 is 1. The van der Waals surface area contributed by atoms with Crippen molar-refractivity contribution in [3.63, 3.8) is 0 Å². The van der Waals surface area contributed by atoms with Crippen LogP contribution >= 0.6 is 11.3 Å². The highest BCUT2D eigenvalue weighted by Gasteiger charge is 2.52. The fourth-order valence-corrected chi connectivity index (χ4v) is 5.04. The molecule has 26 heavy (non-hydrogen) atoms. The molecule has 0 saturated carbocycles. The largest absolute Gasteiger partial charge is 0.493 e. The lowest BCUT2D eigenvalue weighted by Crippen LogP contribution is -2.58. The fraction of sp³-hybridized carbons (Fsp3) is 0.450. The second kappa shape index (κ2) is 5.99. The molecule has 1 atom stereocenters. The number of benzene rings is 1. The normalized spacial score (nSPS) is 24.0. The Hall–Kier alpha value is -2.05. The SMILES string of the molecule is COc1cccc2c1OC1(CCN(C)CC1)N1N=C(c3cccs3)C[C@@H]21. The summed E-state index contributed by atoms with van der Waals surface area (Å²) in [6, 6.07) is 10.7. The molecule has 3 aliphatic rings. The van der Waals surface area contributed by atoms with Crippen molar-refractivity contribution in [1.29, 1.82) is 0 Å². The maximum absolute atomic E-state index is 6.68. The highest BCUT2D eigenvalue weighted by Crippen LogP contribution is 2.52. The van der Waals surface area contributed by atoms with E-state index in [9.17, 15) is 0 Å². The van der Waals surface area contributed by atoms with Gasteiger partial charge in [0, 0.05) is 37.9 Å². The van der Waals surface area contributed by atoms with Crippen molar-refractivity contribution in [2.75, 3.05) is 27.2 Å². The Morgan fingerprint density at radius 3 is 2.81 bits per heavy atom. The first kappa shape index (κ1) is 16.1. The van der Waals surface area contributed by atoms with E-state index in [0.717, 1.165) is 43.9 Å². The Kier molecular flexibility index (Phi) is 3.72. The van der Waals surface area contributed by atoms with Crippen LogP contribution in [0.15, 0.2) is 40.8 Å². The minimum Gasteiger partial charge on any atom is -0.493 e. The van der Waals surface area contributed by atoms with Crippen LogP contribution in [0.2, 0.25) is 0 Å². The van der Waals surface area contributed by atoms with Gasteiger partial charge < -0.3 is 14.4 Å². The quantitative estimate of drug-likeness (QED) is 0.808. The summed E-state index contributed by atoms with van der Waals surface area (Å²) >= 11 is 1.76. The summed E-state index contributed by atoms with van der Waals surface area (Å²) in [5.74, 6) is 1.73. The third-order valence-electron chi connectivity index (χ3n) is 5.78. The summed E-state index contributed by atoms with van der Waals surface area (Å²) < 4.78 is 12.3. The summed E-state index contributed by atoms with van der Waals surface area (Å²) in [7, 11) is 3.89. The Balaban J connectivity index is 1.62. The Morgan fingerprint density at radius 1 is 1.23 bits per heavy atom.